The van der Waals surface area contributed by atoms with E-state index >= 15 is 0 Å². The van der Waals surface area contributed by atoms with Crippen molar-refractivity contribution in [1.29, 1.82) is 0 Å². The van der Waals surface area contributed by atoms with Crippen molar-refractivity contribution in [3.05, 3.63) is 72.8 Å². The third-order valence-corrected chi connectivity index (χ3v) is 11.5. The van der Waals surface area contributed by atoms with Crippen molar-refractivity contribution < 1.29 is 194 Å². The number of fused-ring (bicyclic) bond motifs is 1. The first-order valence-corrected chi connectivity index (χ1v) is 21.7. The minimum atomic E-state index is -5.38. The monoisotopic (exact) mass is 1010 g/mol. The molecule has 5 rings (SSSR count). The van der Waals surface area contributed by atoms with Gasteiger partial charge in [0.2, 0.25) is 22.3 Å². The molecule has 5 aromatic rings. The molecule has 0 saturated carbocycles. The normalized spacial score (nSPS) is 11.7. The fourth-order valence-electron chi connectivity index (χ4n) is 4.80. The molecule has 0 atom stereocenters. The summed E-state index contributed by atoms with van der Waals surface area (Å²) in [5.74, 6) is -1.79. The molecule has 2 amide bonds. The van der Waals surface area contributed by atoms with Crippen LogP contribution in [0.2, 0.25) is 0 Å². The number of halogens is 1. The number of aromatic nitrogens is 3. The SMILES string of the molecule is NC(=O)Nc1cc(Nc2nc(F)nc(Nc3cccc(S(=O)(=O)CCOS(=O)(=O)[O-])c3)n2)ccc1N=Nc1cc2c(S(=O)(=O)[O-])cc(SOO[O-])cc2cc1S(=O)(=O)[O-].[Na+].[Na+].[Na+].[Na+]. The molecule has 63 heavy (non-hydrogen) atoms. The molecule has 314 valence electrons. The zero-order chi connectivity index (χ0) is 43.3. The van der Waals surface area contributed by atoms with Gasteiger partial charge in [-0.25, -0.2) is 38.5 Å². The maximum absolute atomic E-state index is 14.5. The summed E-state index contributed by atoms with van der Waals surface area (Å²) in [6.45, 7) is -0.948. The van der Waals surface area contributed by atoms with Gasteiger partial charge < -0.3 is 40.6 Å². The van der Waals surface area contributed by atoms with Gasteiger partial charge >= 0.3 is 130 Å². The topological polar surface area (TPSA) is 399 Å². The molecule has 0 unspecified atom stereocenters. The van der Waals surface area contributed by atoms with Crippen molar-refractivity contribution in [3.63, 3.8) is 0 Å². The second kappa shape index (κ2) is 25.0. The molecule has 0 aliphatic heterocycles. The Bertz CT molecular complexity index is 2970. The molecule has 0 saturated heterocycles. The number of nitrogens with one attached hydrogen (secondary N) is 3. The van der Waals surface area contributed by atoms with Gasteiger partial charge in [-0.2, -0.15) is 23.7 Å². The first-order valence-electron chi connectivity index (χ1n) is 15.2. The fourth-order valence-corrected chi connectivity index (χ4v) is 8.19. The number of primary amides is 1. The minimum Gasteiger partial charge on any atom is -0.744 e. The van der Waals surface area contributed by atoms with Gasteiger partial charge in [0.15, 0.2) is 9.84 Å². The summed E-state index contributed by atoms with van der Waals surface area (Å²) in [5.41, 5.74) is 4.05. The molecule has 0 aliphatic carbocycles. The van der Waals surface area contributed by atoms with E-state index in [4.69, 9.17) is 5.73 Å². The number of nitrogens with two attached hydrogens (primary N) is 1. The van der Waals surface area contributed by atoms with Crippen molar-refractivity contribution in [2.75, 3.05) is 28.3 Å². The van der Waals surface area contributed by atoms with E-state index in [0.29, 0.717) is 6.07 Å². The van der Waals surface area contributed by atoms with E-state index in [1.54, 1.807) is 0 Å². The van der Waals surface area contributed by atoms with E-state index < -0.39 is 97.7 Å². The molecule has 5 N–H and O–H groups in total. The Morgan fingerprint density at radius 2 is 1.37 bits per heavy atom. The average Bonchev–Trinajstić information content (AvgIpc) is 3.11. The molecule has 1 aromatic heterocycles. The minimum absolute atomic E-state index is 0. The number of benzene rings is 4. The molecule has 1 heterocycles. The van der Waals surface area contributed by atoms with Crippen LogP contribution in [-0.4, -0.2) is 80.7 Å². The first kappa shape index (κ1) is 59.4. The van der Waals surface area contributed by atoms with Crippen molar-refractivity contribution >= 4 is 110 Å². The third-order valence-electron chi connectivity index (χ3n) is 7.08. The zero-order valence-electron chi connectivity index (χ0n) is 32.5. The van der Waals surface area contributed by atoms with Crippen LogP contribution >= 0.6 is 12.0 Å². The molecule has 25 nitrogen and oxygen atoms in total. The summed E-state index contributed by atoms with van der Waals surface area (Å²) in [6, 6.07) is 10.5. The van der Waals surface area contributed by atoms with Gasteiger partial charge in [0.05, 0.1) is 44.8 Å². The van der Waals surface area contributed by atoms with E-state index in [1.807, 2.05) is 0 Å². The molecule has 0 spiro atoms. The zero-order valence-corrected chi connectivity index (χ0v) is 44.6. The van der Waals surface area contributed by atoms with E-state index in [-0.39, 0.29) is 168 Å². The molecule has 0 fully saturated rings. The Hall–Kier alpha value is -1.58. The predicted molar refractivity (Wildman–Crippen MR) is 192 cm³/mol. The number of hydrogen-bond donors (Lipinski definition) is 4. The summed E-state index contributed by atoms with van der Waals surface area (Å²) in [7, 11) is -20.0. The van der Waals surface area contributed by atoms with Crippen LogP contribution in [0.5, 0.6) is 0 Å². The smallest absolute Gasteiger partial charge is 0.744 e. The molecule has 4 aromatic carbocycles. The van der Waals surface area contributed by atoms with Gasteiger partial charge in [0.1, 0.15) is 31.6 Å². The molecule has 0 bridgehead atoms. The average molecular weight is 1010 g/mol. The van der Waals surface area contributed by atoms with Gasteiger partial charge in [-0.3, -0.25) is 9.22 Å². The van der Waals surface area contributed by atoms with Gasteiger partial charge in [-0.1, -0.05) is 6.07 Å². The van der Waals surface area contributed by atoms with Crippen molar-refractivity contribution in [1.82, 2.24) is 15.0 Å². The van der Waals surface area contributed by atoms with Crippen molar-refractivity contribution in [3.8, 4) is 0 Å². The van der Waals surface area contributed by atoms with E-state index in [9.17, 15) is 61.8 Å². The van der Waals surface area contributed by atoms with Crippen molar-refractivity contribution in [2.45, 2.75) is 19.6 Å². The first-order chi connectivity index (χ1) is 27.5. The number of sulfone groups is 1. The number of carbonyl (C=O) groups is 1. The molecule has 0 radical (unpaired) electrons. The van der Waals surface area contributed by atoms with Crippen LogP contribution in [-0.2, 0) is 54.0 Å². The third kappa shape index (κ3) is 17.5. The summed E-state index contributed by atoms with van der Waals surface area (Å²) >= 11 is 0.172. The van der Waals surface area contributed by atoms with Crippen molar-refractivity contribution in [2.24, 2.45) is 16.0 Å². The standard InChI is InChI=1S/C28H24FN9O16S5.4Na/c29-25-34-27(31-15-2-1-3-18(10-15)56(41,42)7-6-52-59(49,50)51)36-28(35-25)32-16-4-5-20(21(11-16)33-26(30)39)37-38-22-13-19-14(9-24(22)58(46,47)48)8-17(55-54-53-40)12-23(19)57(43,44)45;;;;/h1-5,8-13,40H,6-7H2,(H3,30,33,39)(H,43,44,45)(H,46,47,48)(H,49,50,51)(H2,31,32,34,35,36);;;;/q;4*+1/p-4. The summed E-state index contributed by atoms with van der Waals surface area (Å²) in [4.78, 5) is 20.3. The Kier molecular flexibility index (Phi) is 23.6. The van der Waals surface area contributed by atoms with Gasteiger partial charge in [-0.05, 0) is 66.0 Å². The van der Waals surface area contributed by atoms with E-state index in [2.05, 4.69) is 54.7 Å². The summed E-state index contributed by atoms with van der Waals surface area (Å²) in [5, 5.41) is 27.7. The molecule has 35 heteroatoms. The number of nitrogens with zero attached hydrogens (tertiary/aromatic N) is 5. The summed E-state index contributed by atoms with van der Waals surface area (Å²) < 4.78 is 153. The Balaban J connectivity index is 0.00000496. The maximum Gasteiger partial charge on any atom is 1.00 e. The number of azo groups is 1. The Morgan fingerprint density at radius 1 is 0.762 bits per heavy atom. The number of amides is 2. The van der Waals surface area contributed by atoms with Crippen LogP contribution in [0, 0.1) is 6.08 Å². The van der Waals surface area contributed by atoms with Gasteiger partial charge in [0.25, 0.3) is 0 Å². The van der Waals surface area contributed by atoms with Gasteiger partial charge in [0, 0.05) is 21.7 Å². The van der Waals surface area contributed by atoms with Gasteiger partial charge in [-0.15, -0.1) is 10.2 Å². The second-order valence-electron chi connectivity index (χ2n) is 11.1. The number of hydrogen-bond acceptors (Lipinski definition) is 24. The fraction of sp³-hybridized carbons (Fsp3) is 0.0714. The van der Waals surface area contributed by atoms with E-state index in [1.165, 1.54) is 18.2 Å². The number of urea groups is 1. The van der Waals surface area contributed by atoms with Crippen LogP contribution in [0.15, 0.2) is 96.5 Å². The summed E-state index contributed by atoms with van der Waals surface area (Å²) in [6.07, 6.45) is -1.34. The number of anilines is 5. The van der Waals surface area contributed by atoms with Crippen LogP contribution in [0.1, 0.15) is 0 Å². The van der Waals surface area contributed by atoms with Crippen LogP contribution in [0.25, 0.3) is 10.8 Å². The van der Waals surface area contributed by atoms with Crippen LogP contribution in [0.4, 0.5) is 49.5 Å². The second-order valence-corrected chi connectivity index (χ2v) is 17.7. The Morgan fingerprint density at radius 3 is 1.94 bits per heavy atom. The van der Waals surface area contributed by atoms with Crippen LogP contribution < -0.4 is 145 Å². The number of rotatable bonds is 17. The quantitative estimate of drug-likeness (QED) is 0.0128. The molecular formula is C28H20FN9Na4O16S5. The molecule has 0 aliphatic rings. The largest absolute Gasteiger partial charge is 1.00 e. The number of carbonyl (C=O) groups excluding carboxylic acids is 1. The van der Waals surface area contributed by atoms with E-state index in [0.717, 1.165) is 42.5 Å². The predicted octanol–water partition coefficient (Wildman–Crippen LogP) is -10.1. The maximum atomic E-state index is 14.5. The molecular weight excluding hydrogens is 990 g/mol. The van der Waals surface area contributed by atoms with Crippen LogP contribution in [0.3, 0.4) is 0 Å². The Labute approximate surface area is 449 Å².